The first-order valence-corrected chi connectivity index (χ1v) is 8.33. The molecule has 2 heterocycles. The number of rotatable bonds is 6. The topological polar surface area (TPSA) is 82.8 Å². The van der Waals surface area contributed by atoms with Crippen molar-refractivity contribution in [2.75, 3.05) is 6.54 Å². The molecule has 25 heavy (non-hydrogen) atoms. The van der Waals surface area contributed by atoms with Crippen LogP contribution in [0.15, 0.2) is 46.9 Å². The summed E-state index contributed by atoms with van der Waals surface area (Å²) in [5.41, 5.74) is -0.125. The molecule has 1 fully saturated rings. The van der Waals surface area contributed by atoms with Crippen LogP contribution in [0.25, 0.3) is 0 Å². The molecule has 3 amide bonds. The van der Waals surface area contributed by atoms with Gasteiger partial charge in [0.05, 0.1) is 12.6 Å². The van der Waals surface area contributed by atoms with Gasteiger partial charge in [0.2, 0.25) is 0 Å². The highest BCUT2D eigenvalue weighted by atomic mass is 16.3. The second kappa shape index (κ2) is 6.72. The van der Waals surface area contributed by atoms with E-state index in [2.05, 4.69) is 5.32 Å². The molecule has 0 spiro atoms. The molecule has 2 N–H and O–H groups in total. The minimum absolute atomic E-state index is 0.0349. The van der Waals surface area contributed by atoms with Gasteiger partial charge in [-0.2, -0.15) is 0 Å². The molecule has 0 bridgehead atoms. The van der Waals surface area contributed by atoms with Crippen LogP contribution in [0, 0.1) is 6.92 Å². The van der Waals surface area contributed by atoms with Gasteiger partial charge in [0.15, 0.2) is 5.54 Å². The van der Waals surface area contributed by atoms with Gasteiger partial charge in [0, 0.05) is 0 Å². The van der Waals surface area contributed by atoms with Crippen molar-refractivity contribution in [1.29, 1.82) is 0 Å². The van der Waals surface area contributed by atoms with E-state index in [1.165, 1.54) is 0 Å². The number of carbonyl (C=O) groups is 2. The number of carbonyl (C=O) groups excluding carboxylic acids is 2. The highest BCUT2D eigenvalue weighted by Gasteiger charge is 2.51. The van der Waals surface area contributed by atoms with Crippen molar-refractivity contribution in [3.63, 3.8) is 0 Å². The van der Waals surface area contributed by atoms with E-state index in [-0.39, 0.29) is 6.54 Å². The number of benzene rings is 1. The third-order valence-electron chi connectivity index (χ3n) is 4.51. The minimum Gasteiger partial charge on any atom is -0.463 e. The lowest BCUT2D eigenvalue weighted by Crippen LogP contribution is -2.41. The van der Waals surface area contributed by atoms with Gasteiger partial charge in [-0.1, -0.05) is 30.3 Å². The number of aliphatic hydroxyl groups excluding tert-OH is 1. The van der Waals surface area contributed by atoms with Crippen LogP contribution in [-0.4, -0.2) is 34.6 Å². The van der Waals surface area contributed by atoms with E-state index in [1.807, 2.05) is 30.3 Å². The summed E-state index contributed by atoms with van der Waals surface area (Å²) in [6.45, 7) is 3.36. The summed E-state index contributed by atoms with van der Waals surface area (Å²) in [5, 5.41) is 12.9. The molecule has 132 valence electrons. The molecule has 0 radical (unpaired) electrons. The first kappa shape index (κ1) is 17.2. The maximum Gasteiger partial charge on any atom is 0.325 e. The number of amides is 3. The van der Waals surface area contributed by atoms with Crippen molar-refractivity contribution in [3.8, 4) is 0 Å². The number of aryl methyl sites for hydroxylation is 2. The van der Waals surface area contributed by atoms with Crippen molar-refractivity contribution < 1.29 is 19.1 Å². The third-order valence-corrected chi connectivity index (χ3v) is 4.51. The van der Waals surface area contributed by atoms with Gasteiger partial charge in [-0.05, 0) is 44.4 Å². The predicted octanol–water partition coefficient (Wildman–Crippen LogP) is 2.35. The Morgan fingerprint density at radius 3 is 2.56 bits per heavy atom. The number of nitrogens with one attached hydrogen (secondary N) is 1. The monoisotopic (exact) mass is 342 g/mol. The van der Waals surface area contributed by atoms with Gasteiger partial charge in [0.25, 0.3) is 5.91 Å². The molecule has 2 aromatic rings. The lowest BCUT2D eigenvalue weighted by Gasteiger charge is -2.20. The zero-order valence-electron chi connectivity index (χ0n) is 14.4. The van der Waals surface area contributed by atoms with E-state index < -0.39 is 23.6 Å². The number of nitrogens with zero attached hydrogens (tertiary/aromatic N) is 1. The van der Waals surface area contributed by atoms with Crippen molar-refractivity contribution in [3.05, 3.63) is 59.5 Å². The summed E-state index contributed by atoms with van der Waals surface area (Å²) in [5.74, 6) is 0.648. The number of β-amino-alcohol motifs (C(OH)–C–C–N with tert-alkyl or cyclic N) is 1. The molecule has 0 saturated carbocycles. The zero-order chi connectivity index (χ0) is 18.0. The van der Waals surface area contributed by atoms with Crippen LogP contribution < -0.4 is 5.32 Å². The molecule has 1 aromatic heterocycles. The molecule has 2 atom stereocenters. The van der Waals surface area contributed by atoms with Gasteiger partial charge < -0.3 is 14.8 Å². The van der Waals surface area contributed by atoms with E-state index in [1.54, 1.807) is 26.0 Å². The Bertz CT molecular complexity index is 771. The lowest BCUT2D eigenvalue weighted by atomic mass is 9.99. The fourth-order valence-electron chi connectivity index (χ4n) is 3.01. The van der Waals surface area contributed by atoms with Gasteiger partial charge in [-0.25, -0.2) is 4.79 Å². The molecule has 1 aliphatic heterocycles. The van der Waals surface area contributed by atoms with Gasteiger partial charge in [-0.3, -0.25) is 9.69 Å². The number of hydrogen-bond donors (Lipinski definition) is 2. The quantitative estimate of drug-likeness (QED) is 0.790. The van der Waals surface area contributed by atoms with E-state index in [0.29, 0.717) is 24.4 Å². The first-order valence-electron chi connectivity index (χ1n) is 8.33. The van der Waals surface area contributed by atoms with E-state index >= 15 is 0 Å². The van der Waals surface area contributed by atoms with E-state index in [4.69, 9.17) is 4.42 Å². The molecule has 0 unspecified atom stereocenters. The SMILES string of the molecule is Cc1ccc([C@]2(C)NC(=O)N(C[C@@H](O)CCc3ccccc3)C2=O)o1. The van der Waals surface area contributed by atoms with Crippen molar-refractivity contribution in [1.82, 2.24) is 10.2 Å². The van der Waals surface area contributed by atoms with E-state index in [0.717, 1.165) is 10.5 Å². The molecule has 1 saturated heterocycles. The van der Waals surface area contributed by atoms with Crippen LogP contribution in [0.4, 0.5) is 4.79 Å². The predicted molar refractivity (Wildman–Crippen MR) is 91.8 cm³/mol. The molecular weight excluding hydrogens is 320 g/mol. The maximum atomic E-state index is 12.7. The van der Waals surface area contributed by atoms with Crippen LogP contribution in [0.1, 0.15) is 30.4 Å². The fraction of sp³-hybridized carbons (Fsp3) is 0.368. The standard InChI is InChI=1S/C19H22N2O4/c1-13-8-11-16(25-13)19(2)17(23)21(18(24)20-19)12-15(22)10-9-14-6-4-3-5-7-14/h3-8,11,15,22H,9-10,12H2,1-2H3,(H,20,24)/t15-,19-/m0/s1. The normalized spacial score (nSPS) is 21.5. The molecule has 1 aliphatic rings. The average molecular weight is 342 g/mol. The Balaban J connectivity index is 1.64. The number of furan rings is 1. The van der Waals surface area contributed by atoms with Crippen LogP contribution in [0.2, 0.25) is 0 Å². The van der Waals surface area contributed by atoms with Gasteiger partial charge >= 0.3 is 6.03 Å². The van der Waals surface area contributed by atoms with Crippen LogP contribution in [-0.2, 0) is 16.8 Å². The number of urea groups is 1. The Kier molecular flexibility index (Phi) is 4.63. The Labute approximate surface area is 146 Å². The summed E-state index contributed by atoms with van der Waals surface area (Å²) >= 11 is 0. The Morgan fingerprint density at radius 1 is 1.20 bits per heavy atom. The molecule has 3 rings (SSSR count). The summed E-state index contributed by atoms with van der Waals surface area (Å²) in [6.07, 6.45) is 0.369. The highest BCUT2D eigenvalue weighted by Crippen LogP contribution is 2.30. The first-order chi connectivity index (χ1) is 11.9. The summed E-state index contributed by atoms with van der Waals surface area (Å²) < 4.78 is 5.52. The van der Waals surface area contributed by atoms with Crippen LogP contribution >= 0.6 is 0 Å². The Morgan fingerprint density at radius 2 is 1.92 bits per heavy atom. The van der Waals surface area contributed by atoms with Gasteiger partial charge in [-0.15, -0.1) is 0 Å². The number of aliphatic hydroxyl groups is 1. The summed E-state index contributed by atoms with van der Waals surface area (Å²) in [4.78, 5) is 26.0. The van der Waals surface area contributed by atoms with Crippen molar-refractivity contribution >= 4 is 11.9 Å². The lowest BCUT2D eigenvalue weighted by molar-refractivity contribution is -0.132. The molecule has 6 nitrogen and oxygen atoms in total. The maximum absolute atomic E-state index is 12.7. The summed E-state index contributed by atoms with van der Waals surface area (Å²) in [7, 11) is 0. The average Bonchev–Trinajstić information content (AvgIpc) is 3.12. The molecule has 6 heteroatoms. The van der Waals surface area contributed by atoms with Crippen molar-refractivity contribution in [2.45, 2.75) is 38.3 Å². The molecule has 0 aliphatic carbocycles. The summed E-state index contributed by atoms with van der Waals surface area (Å²) in [6, 6.07) is 12.7. The molecular formula is C19H22N2O4. The highest BCUT2D eigenvalue weighted by molar-refractivity contribution is 6.06. The second-order valence-corrected chi connectivity index (χ2v) is 6.56. The fourth-order valence-corrected chi connectivity index (χ4v) is 3.01. The van der Waals surface area contributed by atoms with Crippen LogP contribution in [0.5, 0.6) is 0 Å². The number of hydrogen-bond acceptors (Lipinski definition) is 4. The van der Waals surface area contributed by atoms with E-state index in [9.17, 15) is 14.7 Å². The zero-order valence-corrected chi connectivity index (χ0v) is 14.4. The van der Waals surface area contributed by atoms with Gasteiger partial charge in [0.1, 0.15) is 11.5 Å². The van der Waals surface area contributed by atoms with Crippen molar-refractivity contribution in [2.24, 2.45) is 0 Å². The Hall–Kier alpha value is -2.60. The molecule has 1 aromatic carbocycles. The second-order valence-electron chi connectivity index (χ2n) is 6.56. The van der Waals surface area contributed by atoms with Crippen LogP contribution in [0.3, 0.4) is 0 Å². The minimum atomic E-state index is -1.23. The number of imide groups is 1. The smallest absolute Gasteiger partial charge is 0.325 e. The third kappa shape index (κ3) is 3.44. The largest absolute Gasteiger partial charge is 0.463 e.